The van der Waals surface area contributed by atoms with E-state index in [0.29, 0.717) is 13.0 Å². The first-order valence-electron chi connectivity index (χ1n) is 10.5. The van der Waals surface area contributed by atoms with Crippen molar-refractivity contribution in [2.24, 2.45) is 5.41 Å². The van der Waals surface area contributed by atoms with Gasteiger partial charge >= 0.3 is 0 Å². The van der Waals surface area contributed by atoms with Gasteiger partial charge in [0.1, 0.15) is 6.04 Å². The summed E-state index contributed by atoms with van der Waals surface area (Å²) in [6.45, 7) is 4.97. The number of piperidine rings is 2. The largest absolute Gasteiger partial charge is 0.341 e. The first-order chi connectivity index (χ1) is 14.1. The van der Waals surface area contributed by atoms with Crippen molar-refractivity contribution in [2.45, 2.75) is 51.6 Å². The molecule has 1 spiro atoms. The summed E-state index contributed by atoms with van der Waals surface area (Å²) in [6, 6.07) is 5.57. The molecule has 2 aromatic heterocycles. The highest BCUT2D eigenvalue weighted by Gasteiger charge is 2.42. The lowest BCUT2D eigenvalue weighted by atomic mass is 9.72. The third-order valence-electron chi connectivity index (χ3n) is 6.52. The highest BCUT2D eigenvalue weighted by molar-refractivity contribution is 5.80. The minimum Gasteiger partial charge on any atom is -0.341 e. The van der Waals surface area contributed by atoms with Gasteiger partial charge in [-0.1, -0.05) is 6.92 Å². The molecule has 2 fully saturated rings. The van der Waals surface area contributed by atoms with E-state index in [2.05, 4.69) is 10.1 Å². The topological polar surface area (TPSA) is 71.3 Å². The van der Waals surface area contributed by atoms with Crippen LogP contribution in [0.25, 0.3) is 0 Å². The average molecular weight is 396 g/mol. The molecule has 0 aromatic carbocycles. The van der Waals surface area contributed by atoms with E-state index in [1.807, 2.05) is 41.1 Å². The smallest absolute Gasteiger partial charge is 0.247 e. The molecule has 0 N–H and O–H groups in total. The summed E-state index contributed by atoms with van der Waals surface area (Å²) >= 11 is 0. The normalized spacial score (nSPS) is 20.1. The van der Waals surface area contributed by atoms with Crippen LogP contribution in [0.15, 0.2) is 43.0 Å². The number of hydrogen-bond donors (Lipinski definition) is 0. The molecule has 0 saturated carbocycles. The van der Waals surface area contributed by atoms with Gasteiger partial charge < -0.3 is 9.80 Å². The third-order valence-corrected chi connectivity index (χ3v) is 6.52. The van der Waals surface area contributed by atoms with Crippen LogP contribution in [-0.4, -0.2) is 56.0 Å². The summed E-state index contributed by atoms with van der Waals surface area (Å²) in [5.74, 6) is 0.391. The lowest BCUT2D eigenvalue weighted by molar-refractivity contribution is -0.144. The SMILES string of the molecule is CCC(C(=O)N1CCC2(CCC(=O)N(Cc3ccncc3)C2)CC1)n1cccn1. The molecular formula is C22H29N5O2. The number of hydrogen-bond acceptors (Lipinski definition) is 4. The van der Waals surface area contributed by atoms with Crippen LogP contribution in [0, 0.1) is 5.41 Å². The van der Waals surface area contributed by atoms with Crippen molar-refractivity contribution in [1.29, 1.82) is 0 Å². The standard InChI is InChI=1S/C22H29N5O2/c1-2-19(27-13-3-10-24-27)21(29)25-14-8-22(9-15-25)7-4-20(28)26(17-22)16-18-5-11-23-12-6-18/h3,5-6,10-13,19H,2,4,7-9,14-17H2,1H3. The molecule has 0 bridgehead atoms. The number of nitrogens with zero attached hydrogens (tertiary/aromatic N) is 5. The number of rotatable bonds is 5. The Morgan fingerprint density at radius 2 is 1.93 bits per heavy atom. The van der Waals surface area contributed by atoms with Crippen molar-refractivity contribution < 1.29 is 9.59 Å². The van der Waals surface area contributed by atoms with Gasteiger partial charge in [0.15, 0.2) is 0 Å². The van der Waals surface area contributed by atoms with Crippen molar-refractivity contribution in [3.05, 3.63) is 48.5 Å². The molecule has 4 rings (SSSR count). The van der Waals surface area contributed by atoms with E-state index >= 15 is 0 Å². The maximum absolute atomic E-state index is 13.1. The molecule has 2 aliphatic heterocycles. The van der Waals surface area contributed by atoms with Crippen LogP contribution in [0.3, 0.4) is 0 Å². The van der Waals surface area contributed by atoms with Crippen LogP contribution in [0.2, 0.25) is 0 Å². The fourth-order valence-corrected chi connectivity index (χ4v) is 4.72. The van der Waals surface area contributed by atoms with Crippen molar-refractivity contribution in [3.8, 4) is 0 Å². The van der Waals surface area contributed by atoms with E-state index in [9.17, 15) is 9.59 Å². The van der Waals surface area contributed by atoms with Crippen LogP contribution < -0.4 is 0 Å². The van der Waals surface area contributed by atoms with Gasteiger partial charge in [0.2, 0.25) is 11.8 Å². The van der Waals surface area contributed by atoms with E-state index in [1.165, 1.54) is 0 Å². The molecule has 7 heteroatoms. The van der Waals surface area contributed by atoms with Crippen LogP contribution >= 0.6 is 0 Å². The Kier molecular flexibility index (Phi) is 5.65. The van der Waals surface area contributed by atoms with Gasteiger partial charge in [-0.05, 0) is 54.9 Å². The van der Waals surface area contributed by atoms with Gasteiger partial charge in [0, 0.05) is 57.4 Å². The molecule has 0 radical (unpaired) electrons. The molecule has 1 unspecified atom stereocenters. The molecule has 154 valence electrons. The van der Waals surface area contributed by atoms with E-state index < -0.39 is 0 Å². The summed E-state index contributed by atoms with van der Waals surface area (Å²) in [4.78, 5) is 33.6. The first kappa shape index (κ1) is 19.6. The minimum absolute atomic E-state index is 0.130. The Morgan fingerprint density at radius 1 is 1.17 bits per heavy atom. The number of amides is 2. The predicted octanol–water partition coefficient (Wildman–Crippen LogP) is 2.66. The molecule has 2 saturated heterocycles. The van der Waals surface area contributed by atoms with Crippen LogP contribution in [0.1, 0.15) is 50.6 Å². The first-order valence-corrected chi connectivity index (χ1v) is 10.5. The maximum Gasteiger partial charge on any atom is 0.247 e. The summed E-state index contributed by atoms with van der Waals surface area (Å²) in [6.07, 6.45) is 11.3. The molecule has 4 heterocycles. The molecule has 2 aromatic rings. The Labute approximate surface area is 171 Å². The second kappa shape index (κ2) is 8.35. The van der Waals surface area contributed by atoms with Crippen LogP contribution in [0.5, 0.6) is 0 Å². The van der Waals surface area contributed by atoms with Gasteiger partial charge in [-0.25, -0.2) is 0 Å². The summed E-state index contributed by atoms with van der Waals surface area (Å²) in [7, 11) is 0. The molecule has 29 heavy (non-hydrogen) atoms. The van der Waals surface area contributed by atoms with Crippen LogP contribution in [-0.2, 0) is 16.1 Å². The van der Waals surface area contributed by atoms with Crippen LogP contribution in [0.4, 0.5) is 0 Å². The van der Waals surface area contributed by atoms with E-state index in [0.717, 1.165) is 50.9 Å². The van der Waals surface area contributed by atoms with Crippen molar-refractivity contribution >= 4 is 11.8 Å². The zero-order valence-electron chi connectivity index (χ0n) is 17.0. The Bertz CT molecular complexity index is 828. The minimum atomic E-state index is -0.227. The third kappa shape index (κ3) is 4.18. The average Bonchev–Trinajstić information content (AvgIpc) is 3.27. The van der Waals surface area contributed by atoms with Gasteiger partial charge in [0.05, 0.1) is 0 Å². The Hall–Kier alpha value is -2.70. The van der Waals surface area contributed by atoms with Crippen molar-refractivity contribution in [2.75, 3.05) is 19.6 Å². The molecule has 1 atom stereocenters. The fourth-order valence-electron chi connectivity index (χ4n) is 4.72. The maximum atomic E-state index is 13.1. The second-order valence-corrected chi connectivity index (χ2v) is 8.34. The van der Waals surface area contributed by atoms with Crippen molar-refractivity contribution in [1.82, 2.24) is 24.6 Å². The van der Waals surface area contributed by atoms with Gasteiger partial charge in [-0.2, -0.15) is 5.10 Å². The molecule has 7 nitrogen and oxygen atoms in total. The van der Waals surface area contributed by atoms with E-state index in [4.69, 9.17) is 0 Å². The van der Waals surface area contributed by atoms with E-state index in [1.54, 1.807) is 23.3 Å². The number of aromatic nitrogens is 3. The molecule has 2 aliphatic rings. The van der Waals surface area contributed by atoms with Crippen molar-refractivity contribution in [3.63, 3.8) is 0 Å². The lowest BCUT2D eigenvalue weighted by Crippen LogP contribution is -2.52. The van der Waals surface area contributed by atoms with E-state index in [-0.39, 0.29) is 23.3 Å². The fraction of sp³-hybridized carbons (Fsp3) is 0.545. The quantitative estimate of drug-likeness (QED) is 0.780. The zero-order chi connectivity index (χ0) is 20.3. The number of carbonyl (C=O) groups is 2. The molecule has 2 amide bonds. The van der Waals surface area contributed by atoms with Gasteiger partial charge in [-0.15, -0.1) is 0 Å². The monoisotopic (exact) mass is 395 g/mol. The Balaban J connectivity index is 1.39. The Morgan fingerprint density at radius 3 is 2.59 bits per heavy atom. The highest BCUT2D eigenvalue weighted by atomic mass is 16.2. The predicted molar refractivity (Wildman–Crippen MR) is 109 cm³/mol. The second-order valence-electron chi connectivity index (χ2n) is 8.34. The molecule has 0 aliphatic carbocycles. The molecular weight excluding hydrogens is 366 g/mol. The lowest BCUT2D eigenvalue weighted by Gasteiger charge is -2.47. The highest BCUT2D eigenvalue weighted by Crippen LogP contribution is 2.41. The summed E-state index contributed by atoms with van der Waals surface area (Å²) < 4.78 is 1.77. The number of carbonyl (C=O) groups excluding carboxylic acids is 2. The number of likely N-dealkylation sites (tertiary alicyclic amines) is 2. The summed E-state index contributed by atoms with van der Waals surface area (Å²) in [5.41, 5.74) is 1.24. The summed E-state index contributed by atoms with van der Waals surface area (Å²) in [5, 5.41) is 4.27. The van der Waals surface area contributed by atoms with Gasteiger partial charge in [0.25, 0.3) is 0 Å². The van der Waals surface area contributed by atoms with Gasteiger partial charge in [-0.3, -0.25) is 19.3 Å². The zero-order valence-corrected chi connectivity index (χ0v) is 17.0. The number of pyridine rings is 1.